The zero-order valence-electron chi connectivity index (χ0n) is 22.2. The molecule has 0 radical (unpaired) electrons. The van der Waals surface area contributed by atoms with E-state index in [1.807, 2.05) is 19.1 Å². The van der Waals surface area contributed by atoms with E-state index in [1.54, 1.807) is 36.4 Å². The van der Waals surface area contributed by atoms with Gasteiger partial charge in [0.25, 0.3) is 0 Å². The number of benzene rings is 3. The lowest BCUT2D eigenvalue weighted by molar-refractivity contribution is -0.137. The number of carbonyl (C=O) groups excluding carboxylic acids is 3. The van der Waals surface area contributed by atoms with Gasteiger partial charge in [-0.15, -0.1) is 0 Å². The zero-order chi connectivity index (χ0) is 30.6. The summed E-state index contributed by atoms with van der Waals surface area (Å²) in [5.74, 6) is -3.92. The topological polar surface area (TPSA) is 88.5 Å². The molecule has 13 heteroatoms. The molecule has 1 N–H and O–H groups in total. The first-order chi connectivity index (χ1) is 20.4. The summed E-state index contributed by atoms with van der Waals surface area (Å²) in [4.78, 5) is 54.7. The molecule has 6 rings (SSSR count). The minimum absolute atomic E-state index is 0.343. The summed E-state index contributed by atoms with van der Waals surface area (Å²) < 4.78 is 43.8. The summed E-state index contributed by atoms with van der Waals surface area (Å²) in [5, 5.41) is 1.98. The van der Waals surface area contributed by atoms with Crippen molar-refractivity contribution in [2.75, 3.05) is 10.2 Å². The first-order valence-corrected chi connectivity index (χ1v) is 15.5. The minimum atomic E-state index is -4.80. The highest BCUT2D eigenvalue weighted by molar-refractivity contribution is 9.10. The van der Waals surface area contributed by atoms with E-state index in [0.717, 1.165) is 45.3 Å². The van der Waals surface area contributed by atoms with Crippen molar-refractivity contribution in [2.45, 2.75) is 35.8 Å². The number of rotatable bonds is 5. The molecule has 0 bridgehead atoms. The van der Waals surface area contributed by atoms with Crippen LogP contribution in [0.4, 0.5) is 24.5 Å². The Kier molecular flexibility index (Phi) is 7.59. The fourth-order valence-corrected chi connectivity index (χ4v) is 8.45. The Balaban J connectivity index is 1.43. The second-order valence-corrected chi connectivity index (χ2v) is 13.2. The first kappa shape index (κ1) is 29.4. The predicted molar refractivity (Wildman–Crippen MR) is 161 cm³/mol. The van der Waals surface area contributed by atoms with Gasteiger partial charge >= 0.3 is 11.0 Å². The fourth-order valence-electron chi connectivity index (χ4n) is 5.41. The molecule has 3 unspecified atom stereocenters. The number of fused-ring (bicyclic) bond motifs is 2. The number of halogens is 4. The summed E-state index contributed by atoms with van der Waals surface area (Å²) in [5.41, 5.74) is 0.537. The van der Waals surface area contributed by atoms with Gasteiger partial charge in [0.2, 0.25) is 17.7 Å². The number of nitrogens with zero attached hydrogens (tertiary/aromatic N) is 2. The van der Waals surface area contributed by atoms with E-state index in [1.165, 1.54) is 16.7 Å². The zero-order valence-corrected chi connectivity index (χ0v) is 25.4. The maximum Gasteiger partial charge on any atom is 0.418 e. The average Bonchev–Trinajstić information content (AvgIpc) is 3.40. The van der Waals surface area contributed by atoms with Crippen molar-refractivity contribution in [3.05, 3.63) is 109 Å². The van der Waals surface area contributed by atoms with Crippen LogP contribution in [-0.4, -0.2) is 27.5 Å². The predicted octanol–water partition coefficient (Wildman–Crippen LogP) is 6.43. The third kappa shape index (κ3) is 5.34. The van der Waals surface area contributed by atoms with Gasteiger partial charge in [0, 0.05) is 21.0 Å². The highest BCUT2D eigenvalue weighted by Crippen LogP contribution is 2.54. The molecule has 1 saturated heterocycles. The molecule has 2 aliphatic rings. The quantitative estimate of drug-likeness (QED) is 0.244. The molecule has 3 aromatic carbocycles. The number of aromatic nitrogens is 1. The van der Waals surface area contributed by atoms with Crippen LogP contribution >= 0.6 is 39.0 Å². The van der Waals surface area contributed by atoms with Gasteiger partial charge in [-0.05, 0) is 48.9 Å². The van der Waals surface area contributed by atoms with Gasteiger partial charge in [-0.3, -0.25) is 23.7 Å². The average molecular weight is 689 g/mol. The van der Waals surface area contributed by atoms with Crippen LogP contribution in [0.1, 0.15) is 27.5 Å². The number of amides is 3. The molecule has 0 spiro atoms. The Hall–Kier alpha value is -3.68. The second kappa shape index (κ2) is 11.1. The molecule has 0 saturated carbocycles. The summed E-state index contributed by atoms with van der Waals surface area (Å²) >= 11 is 5.19. The normalized spacial score (nSPS) is 19.7. The number of carbonyl (C=O) groups is 3. The molecule has 2 aliphatic heterocycles. The molecule has 220 valence electrons. The maximum atomic E-state index is 14.0. The highest BCUT2D eigenvalue weighted by Gasteiger charge is 2.57. The van der Waals surface area contributed by atoms with Crippen molar-refractivity contribution in [3.63, 3.8) is 0 Å². The third-order valence-corrected chi connectivity index (χ3v) is 10.5. The molecule has 4 aromatic rings. The number of para-hydroxylation sites is 1. The minimum Gasteiger partial charge on any atom is -0.325 e. The smallest absolute Gasteiger partial charge is 0.325 e. The molecule has 3 heterocycles. The number of alkyl halides is 3. The Morgan fingerprint density at radius 3 is 2.30 bits per heavy atom. The van der Waals surface area contributed by atoms with E-state index in [4.69, 9.17) is 0 Å². The van der Waals surface area contributed by atoms with Gasteiger partial charge in [-0.2, -0.15) is 13.2 Å². The van der Waals surface area contributed by atoms with Gasteiger partial charge in [-0.25, -0.2) is 4.90 Å². The van der Waals surface area contributed by atoms with E-state index < -0.39 is 57.1 Å². The SMILES string of the molecule is Cc1ccc(NC(=O)Cn2c3c(sc2=O)C(c2ccc(Br)cc2)C2C(=O)N(c4ccccc4C(F)(F)F)C(=O)C2S3)cc1. The van der Waals surface area contributed by atoms with Crippen LogP contribution in [0.15, 0.2) is 87.1 Å². The number of aryl methyl sites for hydroxylation is 1. The van der Waals surface area contributed by atoms with E-state index >= 15 is 0 Å². The lowest BCUT2D eigenvalue weighted by Crippen LogP contribution is -2.33. The number of thiazole rings is 1. The molecular weight excluding hydrogens is 667 g/mol. The molecule has 3 atom stereocenters. The Morgan fingerprint density at radius 2 is 1.63 bits per heavy atom. The van der Waals surface area contributed by atoms with Crippen LogP contribution in [0.5, 0.6) is 0 Å². The molecular formula is C30H21BrF3N3O4S2. The second-order valence-electron chi connectivity index (χ2n) is 10.2. The Labute approximate surface area is 259 Å². The van der Waals surface area contributed by atoms with Crippen LogP contribution in [0.3, 0.4) is 0 Å². The van der Waals surface area contributed by atoms with Gasteiger partial charge in [0.1, 0.15) is 11.8 Å². The van der Waals surface area contributed by atoms with Crippen LogP contribution in [-0.2, 0) is 27.1 Å². The van der Waals surface area contributed by atoms with Gasteiger partial charge < -0.3 is 5.32 Å². The lowest BCUT2D eigenvalue weighted by Gasteiger charge is -2.30. The summed E-state index contributed by atoms with van der Waals surface area (Å²) in [6, 6.07) is 18.6. The monoisotopic (exact) mass is 687 g/mol. The third-order valence-electron chi connectivity index (χ3n) is 7.37. The first-order valence-electron chi connectivity index (χ1n) is 13.0. The van der Waals surface area contributed by atoms with E-state index in [2.05, 4.69) is 21.2 Å². The number of nitrogens with one attached hydrogen (secondary N) is 1. The number of thioether (sulfide) groups is 1. The molecule has 1 fully saturated rings. The summed E-state index contributed by atoms with van der Waals surface area (Å²) in [6.45, 7) is 1.56. The molecule has 43 heavy (non-hydrogen) atoms. The van der Waals surface area contributed by atoms with Crippen molar-refractivity contribution in [1.29, 1.82) is 0 Å². The summed E-state index contributed by atoms with van der Waals surface area (Å²) in [6.07, 6.45) is -4.80. The van der Waals surface area contributed by atoms with Crippen molar-refractivity contribution in [2.24, 2.45) is 5.92 Å². The van der Waals surface area contributed by atoms with Crippen LogP contribution < -0.4 is 15.1 Å². The molecule has 1 aromatic heterocycles. The number of hydrogen-bond donors (Lipinski definition) is 1. The largest absolute Gasteiger partial charge is 0.418 e. The van der Waals surface area contributed by atoms with Gasteiger partial charge in [0.05, 0.1) is 22.2 Å². The highest BCUT2D eigenvalue weighted by atomic mass is 79.9. The van der Waals surface area contributed by atoms with Gasteiger partial charge in [0.15, 0.2) is 0 Å². The lowest BCUT2D eigenvalue weighted by atomic mass is 9.83. The van der Waals surface area contributed by atoms with E-state index in [-0.39, 0.29) is 6.54 Å². The number of anilines is 2. The fraction of sp³-hybridized carbons (Fsp3) is 0.200. The van der Waals surface area contributed by atoms with Crippen LogP contribution in [0.25, 0.3) is 0 Å². The molecule has 0 aliphatic carbocycles. The number of imide groups is 1. The standard InChI is InChI=1S/C30H21BrF3N3O4S2/c1-15-6-12-18(13-7-15)35-21(38)14-36-28-25(43-29(36)41)22(16-8-10-17(31)11-9-16)23-24(42-28)27(40)37(26(23)39)20-5-3-2-4-19(20)30(32,33)34/h2-13,22-24H,14H2,1H3,(H,35,38). The van der Waals surface area contributed by atoms with E-state index in [9.17, 15) is 32.3 Å². The maximum absolute atomic E-state index is 14.0. The summed E-state index contributed by atoms with van der Waals surface area (Å²) in [7, 11) is 0. The van der Waals surface area contributed by atoms with E-state index in [0.29, 0.717) is 26.1 Å². The van der Waals surface area contributed by atoms with Crippen molar-refractivity contribution < 1.29 is 27.6 Å². The molecule has 7 nitrogen and oxygen atoms in total. The molecule has 3 amide bonds. The van der Waals surface area contributed by atoms with Crippen LogP contribution in [0.2, 0.25) is 0 Å². The van der Waals surface area contributed by atoms with Crippen molar-refractivity contribution in [1.82, 2.24) is 4.57 Å². The van der Waals surface area contributed by atoms with Crippen molar-refractivity contribution in [3.8, 4) is 0 Å². The van der Waals surface area contributed by atoms with Gasteiger partial charge in [-0.1, -0.05) is 81.0 Å². The Morgan fingerprint density at radius 1 is 0.953 bits per heavy atom. The Bertz CT molecular complexity index is 1820. The number of hydrogen-bond acceptors (Lipinski definition) is 6. The van der Waals surface area contributed by atoms with Crippen molar-refractivity contribution >= 4 is 68.1 Å². The van der Waals surface area contributed by atoms with Crippen LogP contribution in [0, 0.1) is 12.8 Å².